The third-order valence-corrected chi connectivity index (χ3v) is 4.97. The Bertz CT molecular complexity index is 391. The molecule has 0 spiro atoms. The normalized spacial score (nSPS) is 24.0. The van der Waals surface area contributed by atoms with Crippen molar-refractivity contribution in [2.45, 2.75) is 71.8 Å². The number of nitrogens with one attached hydrogen (secondary N) is 1. The zero-order valence-electron chi connectivity index (χ0n) is 14.1. The van der Waals surface area contributed by atoms with Gasteiger partial charge in [0.25, 0.3) is 0 Å². The predicted molar refractivity (Wildman–Crippen MR) is 90.4 cm³/mol. The number of hydrogen-bond acceptors (Lipinski definition) is 2. The molecule has 2 heteroatoms. The van der Waals surface area contributed by atoms with E-state index in [4.69, 9.17) is 0 Å². The zero-order chi connectivity index (χ0) is 15.1. The molecule has 118 valence electrons. The largest absolute Gasteiger partial charge is 0.310 e. The highest BCUT2D eigenvalue weighted by molar-refractivity contribution is 5.18. The van der Waals surface area contributed by atoms with Crippen LogP contribution in [0.3, 0.4) is 0 Å². The molecular weight excluding hydrogens is 256 g/mol. The van der Waals surface area contributed by atoms with E-state index in [1.165, 1.54) is 50.5 Å². The third-order valence-electron chi connectivity index (χ3n) is 4.97. The van der Waals surface area contributed by atoms with Gasteiger partial charge in [0.05, 0.1) is 0 Å². The van der Waals surface area contributed by atoms with Crippen LogP contribution in [0.1, 0.15) is 76.1 Å². The molecule has 1 atom stereocenters. The number of aromatic nitrogens is 1. The summed E-state index contributed by atoms with van der Waals surface area (Å²) in [5, 5.41) is 3.78. The lowest BCUT2D eigenvalue weighted by Crippen LogP contribution is -2.31. The first-order valence-electron chi connectivity index (χ1n) is 8.90. The first kappa shape index (κ1) is 16.5. The molecule has 0 aliphatic heterocycles. The Labute approximate surface area is 130 Å². The number of hydrogen-bond donors (Lipinski definition) is 1. The summed E-state index contributed by atoms with van der Waals surface area (Å²) in [4.78, 5) is 4.51. The fourth-order valence-electron chi connectivity index (χ4n) is 3.74. The Morgan fingerprint density at radius 3 is 2.48 bits per heavy atom. The van der Waals surface area contributed by atoms with Gasteiger partial charge in [-0.15, -0.1) is 0 Å². The SMILES string of the molecule is CCCNC(c1ccc(C)nc1)C1CCC(CCC)CC1. The molecule has 0 saturated heterocycles. The maximum atomic E-state index is 4.51. The van der Waals surface area contributed by atoms with Crippen LogP contribution in [-0.4, -0.2) is 11.5 Å². The summed E-state index contributed by atoms with van der Waals surface area (Å²) in [7, 11) is 0. The van der Waals surface area contributed by atoms with E-state index in [0.717, 1.165) is 24.1 Å². The van der Waals surface area contributed by atoms with E-state index < -0.39 is 0 Å². The predicted octanol–water partition coefficient (Wildman–Crippen LogP) is 5.04. The second-order valence-electron chi connectivity index (χ2n) is 6.73. The van der Waals surface area contributed by atoms with Crippen molar-refractivity contribution in [2.75, 3.05) is 6.54 Å². The van der Waals surface area contributed by atoms with Crippen LogP contribution in [0.4, 0.5) is 0 Å². The lowest BCUT2D eigenvalue weighted by atomic mass is 9.75. The molecule has 0 amide bonds. The van der Waals surface area contributed by atoms with Gasteiger partial charge in [-0.1, -0.05) is 45.6 Å². The van der Waals surface area contributed by atoms with Gasteiger partial charge < -0.3 is 5.32 Å². The molecule has 1 N–H and O–H groups in total. The molecule has 2 rings (SSSR count). The van der Waals surface area contributed by atoms with Crippen LogP contribution < -0.4 is 5.32 Å². The van der Waals surface area contributed by atoms with Crippen molar-refractivity contribution in [3.8, 4) is 0 Å². The highest BCUT2D eigenvalue weighted by atomic mass is 14.9. The fourth-order valence-corrected chi connectivity index (χ4v) is 3.74. The van der Waals surface area contributed by atoms with E-state index in [-0.39, 0.29) is 0 Å². The van der Waals surface area contributed by atoms with Gasteiger partial charge >= 0.3 is 0 Å². The van der Waals surface area contributed by atoms with Crippen molar-refractivity contribution < 1.29 is 0 Å². The van der Waals surface area contributed by atoms with Gasteiger partial charge in [0.1, 0.15) is 0 Å². The Kier molecular flexibility index (Phi) is 6.69. The van der Waals surface area contributed by atoms with E-state index in [2.05, 4.69) is 49.4 Å². The fraction of sp³-hybridized carbons (Fsp3) is 0.737. The minimum Gasteiger partial charge on any atom is -0.310 e. The molecule has 1 fully saturated rings. The van der Waals surface area contributed by atoms with Crippen molar-refractivity contribution in [3.05, 3.63) is 29.6 Å². The van der Waals surface area contributed by atoms with Crippen LogP contribution in [0.5, 0.6) is 0 Å². The third kappa shape index (κ3) is 4.81. The molecule has 0 radical (unpaired) electrons. The first-order valence-corrected chi connectivity index (χ1v) is 8.90. The average molecular weight is 288 g/mol. The lowest BCUT2D eigenvalue weighted by Gasteiger charge is -2.34. The van der Waals surface area contributed by atoms with Gasteiger partial charge in [0.2, 0.25) is 0 Å². The molecule has 1 unspecified atom stereocenters. The smallest absolute Gasteiger partial charge is 0.0372 e. The van der Waals surface area contributed by atoms with Crippen LogP contribution in [0.2, 0.25) is 0 Å². The van der Waals surface area contributed by atoms with Crippen molar-refractivity contribution in [3.63, 3.8) is 0 Å². The van der Waals surface area contributed by atoms with Gasteiger partial charge in [-0.05, 0) is 56.2 Å². The van der Waals surface area contributed by atoms with Gasteiger partial charge in [-0.3, -0.25) is 4.98 Å². The van der Waals surface area contributed by atoms with Crippen molar-refractivity contribution in [2.24, 2.45) is 11.8 Å². The van der Waals surface area contributed by atoms with Crippen molar-refractivity contribution >= 4 is 0 Å². The van der Waals surface area contributed by atoms with Crippen LogP contribution in [0.15, 0.2) is 18.3 Å². The van der Waals surface area contributed by atoms with Gasteiger partial charge in [-0.25, -0.2) is 0 Å². The Hall–Kier alpha value is -0.890. The van der Waals surface area contributed by atoms with Gasteiger partial charge in [0, 0.05) is 17.9 Å². The van der Waals surface area contributed by atoms with Crippen LogP contribution in [0.25, 0.3) is 0 Å². The minimum atomic E-state index is 0.501. The van der Waals surface area contributed by atoms with Gasteiger partial charge in [-0.2, -0.15) is 0 Å². The molecule has 1 aliphatic rings. The van der Waals surface area contributed by atoms with Crippen molar-refractivity contribution in [1.29, 1.82) is 0 Å². The Morgan fingerprint density at radius 1 is 1.14 bits per heavy atom. The molecule has 1 aromatic heterocycles. The second-order valence-corrected chi connectivity index (χ2v) is 6.73. The molecular formula is C19H32N2. The summed E-state index contributed by atoms with van der Waals surface area (Å²) >= 11 is 0. The monoisotopic (exact) mass is 288 g/mol. The van der Waals surface area contributed by atoms with E-state index in [1.54, 1.807) is 0 Å². The van der Waals surface area contributed by atoms with Crippen molar-refractivity contribution in [1.82, 2.24) is 10.3 Å². The number of nitrogens with zero attached hydrogens (tertiary/aromatic N) is 1. The number of aryl methyl sites for hydroxylation is 1. The quantitative estimate of drug-likeness (QED) is 0.760. The summed E-state index contributed by atoms with van der Waals surface area (Å²) in [6, 6.07) is 4.92. The molecule has 0 bridgehead atoms. The maximum absolute atomic E-state index is 4.51. The molecule has 1 aromatic rings. The summed E-state index contributed by atoms with van der Waals surface area (Å²) in [6.45, 7) is 7.73. The minimum absolute atomic E-state index is 0.501. The standard InChI is InChI=1S/C19H32N2/c1-4-6-16-8-11-17(12-9-16)19(20-13-5-2)18-10-7-15(3)21-14-18/h7,10,14,16-17,19-20H,4-6,8-9,11-13H2,1-3H3. The summed E-state index contributed by atoms with van der Waals surface area (Å²) in [5.74, 6) is 1.77. The van der Waals surface area contributed by atoms with Crippen LogP contribution >= 0.6 is 0 Å². The topological polar surface area (TPSA) is 24.9 Å². The summed E-state index contributed by atoms with van der Waals surface area (Å²) in [5.41, 5.74) is 2.49. The summed E-state index contributed by atoms with van der Waals surface area (Å²) < 4.78 is 0. The average Bonchev–Trinajstić information content (AvgIpc) is 2.51. The van der Waals surface area contributed by atoms with E-state index >= 15 is 0 Å². The molecule has 1 saturated carbocycles. The maximum Gasteiger partial charge on any atom is 0.0372 e. The highest BCUT2D eigenvalue weighted by Gasteiger charge is 2.28. The molecule has 1 heterocycles. The Balaban J connectivity index is 2.01. The number of pyridine rings is 1. The molecule has 1 aliphatic carbocycles. The summed E-state index contributed by atoms with van der Waals surface area (Å²) in [6.07, 6.45) is 11.6. The highest BCUT2D eigenvalue weighted by Crippen LogP contribution is 2.38. The van der Waals surface area contributed by atoms with Gasteiger partial charge in [0.15, 0.2) is 0 Å². The number of rotatable bonds is 7. The zero-order valence-corrected chi connectivity index (χ0v) is 14.1. The van der Waals surface area contributed by atoms with Crippen LogP contribution in [0, 0.1) is 18.8 Å². The van der Waals surface area contributed by atoms with E-state index in [1.807, 2.05) is 0 Å². The molecule has 0 aromatic carbocycles. The Morgan fingerprint density at radius 2 is 1.90 bits per heavy atom. The van der Waals surface area contributed by atoms with E-state index in [0.29, 0.717) is 6.04 Å². The second kappa shape index (κ2) is 8.53. The molecule has 2 nitrogen and oxygen atoms in total. The first-order chi connectivity index (χ1) is 10.2. The van der Waals surface area contributed by atoms with E-state index in [9.17, 15) is 0 Å². The molecule has 21 heavy (non-hydrogen) atoms. The van der Waals surface area contributed by atoms with Crippen LogP contribution in [-0.2, 0) is 0 Å². The lowest BCUT2D eigenvalue weighted by molar-refractivity contribution is 0.214.